The molecular formula is C51H75Cl3SiTi. The van der Waals surface area contributed by atoms with Crippen molar-refractivity contribution in [2.75, 3.05) is 0 Å². The summed E-state index contributed by atoms with van der Waals surface area (Å²) in [5.74, 6) is 0. The van der Waals surface area contributed by atoms with E-state index in [9.17, 15) is 0 Å². The smallest absolute Gasteiger partial charge is 1.00 e. The first-order valence-electron chi connectivity index (χ1n) is 20.6. The van der Waals surface area contributed by atoms with Gasteiger partial charge in [-0.3, -0.25) is 0 Å². The minimum Gasteiger partial charge on any atom is -1.00 e. The van der Waals surface area contributed by atoms with Gasteiger partial charge in [0.2, 0.25) is 0 Å². The van der Waals surface area contributed by atoms with Crippen LogP contribution in [0.5, 0.6) is 0 Å². The zero-order valence-corrected chi connectivity index (χ0v) is 43.6. The maximum atomic E-state index is 2.68. The second-order valence-corrected chi connectivity index (χ2v) is 27.2. The number of halogens is 3. The van der Waals surface area contributed by atoms with Crippen LogP contribution in [-0.4, -0.2) is 8.07 Å². The van der Waals surface area contributed by atoms with E-state index in [-0.39, 0.29) is 69.7 Å². The average Bonchev–Trinajstić information content (AvgIpc) is 3.37. The SMILES string of the molecule is CCCCC1=CC[C]([Ti+3])=C1[Si](c1cc(C(C)(C)C)cc(C(C)(C)C)c1)(c1cc(C(C)(C)C)cc(C(C)(C)C)c1)c1cc(C(C)(C)C)cc(C(C)(C)C)c1.[Cl-].[Cl-].[Cl-]. The van der Waals surface area contributed by atoms with E-state index < -0.39 is 8.07 Å². The summed E-state index contributed by atoms with van der Waals surface area (Å²) in [6.45, 7) is 45.7. The van der Waals surface area contributed by atoms with Crippen molar-refractivity contribution in [3.05, 3.63) is 109 Å². The van der Waals surface area contributed by atoms with Crippen LogP contribution in [0, 0.1) is 0 Å². The quantitative estimate of drug-likeness (QED) is 0.251. The van der Waals surface area contributed by atoms with Crippen molar-refractivity contribution < 1.29 is 57.7 Å². The number of hydrogen-bond acceptors (Lipinski definition) is 0. The van der Waals surface area contributed by atoms with Crippen molar-refractivity contribution in [1.82, 2.24) is 0 Å². The molecule has 0 saturated carbocycles. The van der Waals surface area contributed by atoms with Crippen molar-refractivity contribution in [2.45, 2.75) is 190 Å². The van der Waals surface area contributed by atoms with Crippen LogP contribution in [0.3, 0.4) is 0 Å². The van der Waals surface area contributed by atoms with Gasteiger partial charge in [0, 0.05) is 0 Å². The molecule has 56 heavy (non-hydrogen) atoms. The molecule has 0 aromatic heterocycles. The zero-order chi connectivity index (χ0) is 40.3. The summed E-state index contributed by atoms with van der Waals surface area (Å²) < 4.78 is 1.57. The maximum absolute atomic E-state index is 3.02. The molecule has 1 aliphatic rings. The van der Waals surface area contributed by atoms with Gasteiger partial charge in [-0.2, -0.15) is 0 Å². The molecule has 0 radical (unpaired) electrons. The Bertz CT molecular complexity index is 1610. The molecule has 0 nitrogen and oxygen atoms in total. The summed E-state index contributed by atoms with van der Waals surface area (Å²) in [5, 5.41) is 6.31. The molecule has 0 N–H and O–H groups in total. The van der Waals surface area contributed by atoms with Crippen LogP contribution < -0.4 is 52.8 Å². The minimum absolute atomic E-state index is 0. The van der Waals surface area contributed by atoms with Crippen LogP contribution >= 0.6 is 0 Å². The molecular weight excluding hydrogens is 795 g/mol. The third-order valence-electron chi connectivity index (χ3n) is 11.6. The van der Waals surface area contributed by atoms with Gasteiger partial charge in [-0.1, -0.05) is 0 Å². The predicted octanol–water partition coefficient (Wildman–Crippen LogP) is 3.81. The topological polar surface area (TPSA) is 0 Å². The van der Waals surface area contributed by atoms with E-state index >= 15 is 0 Å². The van der Waals surface area contributed by atoms with E-state index in [4.69, 9.17) is 0 Å². The van der Waals surface area contributed by atoms with Crippen LogP contribution in [0.1, 0.15) is 191 Å². The number of hydrogen-bond donors (Lipinski definition) is 0. The van der Waals surface area contributed by atoms with Crippen LogP contribution in [0.4, 0.5) is 0 Å². The Morgan fingerprint density at radius 2 is 0.696 bits per heavy atom. The second kappa shape index (κ2) is 18.3. The maximum Gasteiger partial charge on any atom is -1.00 e. The summed E-state index contributed by atoms with van der Waals surface area (Å²) in [4.78, 5) is 0. The number of rotatable bonds is 7. The van der Waals surface area contributed by atoms with Gasteiger partial charge in [0.15, 0.2) is 0 Å². The molecule has 0 heterocycles. The van der Waals surface area contributed by atoms with E-state index in [1.807, 2.05) is 0 Å². The molecule has 0 bridgehead atoms. The van der Waals surface area contributed by atoms with Crippen molar-refractivity contribution in [1.29, 1.82) is 0 Å². The van der Waals surface area contributed by atoms with E-state index in [0.29, 0.717) is 0 Å². The Hall–Kier alpha value is -1.06. The van der Waals surface area contributed by atoms with Crippen LogP contribution in [0.2, 0.25) is 0 Å². The molecule has 4 rings (SSSR count). The first-order chi connectivity index (χ1) is 23.9. The molecule has 0 unspecified atom stereocenters. The van der Waals surface area contributed by atoms with Crippen LogP contribution in [0.15, 0.2) is 75.3 Å². The molecule has 0 saturated heterocycles. The van der Waals surface area contributed by atoms with Gasteiger partial charge in [0.05, 0.1) is 0 Å². The predicted molar refractivity (Wildman–Crippen MR) is 235 cm³/mol. The molecule has 3 aromatic carbocycles. The van der Waals surface area contributed by atoms with Crippen molar-refractivity contribution >= 4 is 23.6 Å². The van der Waals surface area contributed by atoms with Gasteiger partial charge < -0.3 is 37.2 Å². The molecule has 0 aliphatic heterocycles. The Balaban J connectivity index is 0.00000523. The fourth-order valence-electron chi connectivity index (χ4n) is 7.75. The summed E-state index contributed by atoms with van der Waals surface area (Å²) in [6, 6.07) is 23.7. The first-order valence-corrected chi connectivity index (χ1v) is 23.3. The molecule has 308 valence electrons. The third kappa shape index (κ3) is 11.4. The Morgan fingerprint density at radius 3 is 0.911 bits per heavy atom. The monoisotopic (exact) mass is 868 g/mol. The fourth-order valence-corrected chi connectivity index (χ4v) is 14.4. The summed E-state index contributed by atoms with van der Waals surface area (Å²) in [7, 11) is -3.02. The van der Waals surface area contributed by atoms with Crippen LogP contribution in [-0.2, 0) is 52.9 Å². The molecule has 0 atom stereocenters. The molecule has 0 spiro atoms. The van der Waals surface area contributed by atoms with Gasteiger partial charge in [-0.25, -0.2) is 0 Å². The second-order valence-electron chi connectivity index (χ2n) is 22.5. The Morgan fingerprint density at radius 1 is 0.446 bits per heavy atom. The minimum atomic E-state index is -3.02. The molecule has 0 amide bonds. The largest absolute Gasteiger partial charge is 1.00 e. The van der Waals surface area contributed by atoms with Gasteiger partial charge in [-0.15, -0.1) is 0 Å². The zero-order valence-electron chi connectivity index (χ0n) is 38.7. The molecule has 5 heteroatoms. The van der Waals surface area contributed by atoms with Crippen molar-refractivity contribution in [3.63, 3.8) is 0 Å². The van der Waals surface area contributed by atoms with Gasteiger partial charge in [0.25, 0.3) is 0 Å². The van der Waals surface area contributed by atoms with Gasteiger partial charge in [-0.05, 0) is 0 Å². The van der Waals surface area contributed by atoms with Crippen molar-refractivity contribution in [2.24, 2.45) is 0 Å². The van der Waals surface area contributed by atoms with E-state index in [1.165, 1.54) is 46.2 Å². The van der Waals surface area contributed by atoms with Gasteiger partial charge >= 0.3 is 342 Å². The van der Waals surface area contributed by atoms with E-state index in [2.05, 4.69) is 213 Å². The van der Waals surface area contributed by atoms with Gasteiger partial charge in [0.1, 0.15) is 0 Å². The number of benzene rings is 3. The Kier molecular flexibility index (Phi) is 17.3. The molecule has 1 aliphatic carbocycles. The normalized spacial score (nSPS) is 14.6. The molecule has 0 fully saturated rings. The summed E-state index contributed by atoms with van der Waals surface area (Å²) in [5.41, 5.74) is 10.3. The van der Waals surface area contributed by atoms with Crippen LogP contribution in [0.25, 0.3) is 0 Å². The molecule has 3 aromatic rings. The summed E-state index contributed by atoms with van der Waals surface area (Å²) >= 11 is 2.47. The Labute approximate surface area is 377 Å². The van der Waals surface area contributed by atoms with Crippen molar-refractivity contribution in [3.8, 4) is 0 Å². The van der Waals surface area contributed by atoms with E-state index in [1.54, 1.807) is 30.2 Å². The summed E-state index contributed by atoms with van der Waals surface area (Å²) in [6.07, 6.45) is 7.22. The standard InChI is InChI=1S/C51H75Si.3ClH.Ti/c1-20-21-23-35-24-22-25-45(35)52(42-29-36(46(2,3)4)26-37(30-42)47(5,6)7,43-31-38(48(8,9)10)27-39(32-43)49(11,12)13)44-33-40(50(14,15)16)28-41(34-44)51(17,18)19;;;;/h24,26-34H,20-23H2,1-19H3;3*1H;/q;;;;+3/p-3. The number of allylic oxidation sites excluding steroid dienone is 4. The third-order valence-corrected chi connectivity index (χ3v) is 17.6. The average molecular weight is 870 g/mol. The number of unbranched alkanes of at least 4 members (excludes halogenated alkanes) is 1. The fraction of sp³-hybridized carbons (Fsp3) is 0.569. The van der Waals surface area contributed by atoms with E-state index in [0.717, 1.165) is 12.8 Å². The first kappa shape index (κ1) is 53.0.